The van der Waals surface area contributed by atoms with Crippen LogP contribution in [0.15, 0.2) is 29.7 Å². The number of benzene rings is 1. The van der Waals surface area contributed by atoms with Crippen LogP contribution in [0.3, 0.4) is 0 Å². The van der Waals surface area contributed by atoms with Crippen molar-refractivity contribution in [3.8, 4) is 17.0 Å². The van der Waals surface area contributed by atoms with Crippen LogP contribution in [0.4, 0.5) is 4.39 Å². The Morgan fingerprint density at radius 2 is 2.09 bits per heavy atom. The zero-order chi connectivity index (χ0) is 23.2. The number of carbonyl (C=O) groups is 1. The summed E-state index contributed by atoms with van der Waals surface area (Å²) >= 11 is 0. The molecular formula is C26H30FNO4. The van der Waals surface area contributed by atoms with Crippen molar-refractivity contribution in [3.05, 3.63) is 57.6 Å². The molecule has 0 spiro atoms. The fraction of sp³-hybridized carbons (Fsp3) is 0.462. The van der Waals surface area contributed by atoms with Crippen LogP contribution >= 0.6 is 0 Å². The third-order valence-corrected chi connectivity index (χ3v) is 6.87. The number of fused-ring (bicyclic) bond motifs is 3. The maximum atomic E-state index is 15.6. The maximum Gasteiger partial charge on any atom is 0.343 e. The summed E-state index contributed by atoms with van der Waals surface area (Å²) in [5.74, 6) is -0.315. The predicted molar refractivity (Wildman–Crippen MR) is 123 cm³/mol. The molecule has 0 N–H and O–H groups in total. The Bertz CT molecular complexity index is 1150. The summed E-state index contributed by atoms with van der Waals surface area (Å²) in [6, 6.07) is 3.80. The van der Waals surface area contributed by atoms with Gasteiger partial charge in [0.1, 0.15) is 11.3 Å². The van der Waals surface area contributed by atoms with Gasteiger partial charge >= 0.3 is 5.97 Å². The number of carbonyl (C=O) groups excluding carboxylic acids is 1. The molecular weight excluding hydrogens is 409 g/mol. The van der Waals surface area contributed by atoms with Gasteiger partial charge in [0.2, 0.25) is 5.43 Å². The van der Waals surface area contributed by atoms with Gasteiger partial charge in [0, 0.05) is 22.9 Å². The first-order valence-electron chi connectivity index (χ1n) is 11.3. The molecule has 1 saturated carbocycles. The summed E-state index contributed by atoms with van der Waals surface area (Å²) in [7, 11) is 0. The first-order chi connectivity index (χ1) is 15.2. The fourth-order valence-corrected chi connectivity index (χ4v) is 4.32. The summed E-state index contributed by atoms with van der Waals surface area (Å²) < 4.78 is 28.5. The van der Waals surface area contributed by atoms with E-state index < -0.39 is 22.8 Å². The number of nitrogens with zero attached hydrogens (tertiary/aromatic N) is 1. The van der Waals surface area contributed by atoms with E-state index in [4.69, 9.17) is 9.47 Å². The zero-order valence-electron chi connectivity index (χ0n) is 19.2. The molecule has 1 unspecified atom stereocenters. The van der Waals surface area contributed by atoms with Gasteiger partial charge in [-0.25, -0.2) is 9.18 Å². The Kier molecular flexibility index (Phi) is 5.74. The van der Waals surface area contributed by atoms with E-state index in [2.05, 4.69) is 20.4 Å². The van der Waals surface area contributed by atoms with Crippen molar-refractivity contribution in [3.63, 3.8) is 0 Å². The molecule has 1 aromatic heterocycles. The van der Waals surface area contributed by atoms with Crippen molar-refractivity contribution in [1.82, 2.24) is 4.57 Å². The number of ether oxygens (including phenoxy) is 2. The van der Waals surface area contributed by atoms with Gasteiger partial charge in [0.15, 0.2) is 5.82 Å². The van der Waals surface area contributed by atoms with Crippen LogP contribution in [0.2, 0.25) is 0 Å². The Morgan fingerprint density at radius 3 is 2.69 bits per heavy atom. The topological polar surface area (TPSA) is 57.5 Å². The summed E-state index contributed by atoms with van der Waals surface area (Å²) in [4.78, 5) is 25.2. The average molecular weight is 440 g/mol. The molecule has 2 aromatic rings. The number of hydrogen-bond acceptors (Lipinski definition) is 4. The summed E-state index contributed by atoms with van der Waals surface area (Å²) in [6.45, 7) is 12.4. The Morgan fingerprint density at radius 1 is 1.38 bits per heavy atom. The predicted octanol–water partition coefficient (Wildman–Crippen LogP) is 5.19. The van der Waals surface area contributed by atoms with E-state index in [1.165, 1.54) is 19.0 Å². The highest BCUT2D eigenvalue weighted by molar-refractivity contribution is 5.90. The molecule has 0 amide bonds. The van der Waals surface area contributed by atoms with Gasteiger partial charge in [-0.15, -0.1) is 0 Å². The lowest BCUT2D eigenvalue weighted by Gasteiger charge is -2.43. The molecule has 170 valence electrons. The summed E-state index contributed by atoms with van der Waals surface area (Å²) in [5, 5.41) is 0. The molecule has 0 bridgehead atoms. The van der Waals surface area contributed by atoms with Crippen LogP contribution in [0.25, 0.3) is 17.3 Å². The molecule has 5 nitrogen and oxygen atoms in total. The minimum atomic E-state index is -0.942. The van der Waals surface area contributed by atoms with Crippen molar-refractivity contribution < 1.29 is 18.7 Å². The third-order valence-electron chi connectivity index (χ3n) is 6.87. The lowest BCUT2D eigenvalue weighted by Crippen LogP contribution is -2.43. The van der Waals surface area contributed by atoms with Gasteiger partial charge < -0.3 is 14.0 Å². The summed E-state index contributed by atoms with van der Waals surface area (Å²) in [5.41, 5.74) is 0.714. The maximum absolute atomic E-state index is 15.6. The molecule has 1 fully saturated rings. The van der Waals surface area contributed by atoms with Crippen LogP contribution < -0.4 is 10.2 Å². The molecule has 0 saturated heterocycles. The monoisotopic (exact) mass is 439 g/mol. The van der Waals surface area contributed by atoms with E-state index >= 15 is 4.39 Å². The van der Waals surface area contributed by atoms with Gasteiger partial charge in [0.05, 0.1) is 18.9 Å². The zero-order valence-corrected chi connectivity index (χ0v) is 19.2. The number of esters is 1. The quantitative estimate of drug-likeness (QED) is 0.557. The molecule has 2 heterocycles. The highest BCUT2D eigenvalue weighted by Crippen LogP contribution is 2.45. The normalized spacial score (nSPS) is 19.3. The number of hydrogen-bond donors (Lipinski definition) is 0. The van der Waals surface area contributed by atoms with Crippen molar-refractivity contribution in [2.24, 2.45) is 11.8 Å². The van der Waals surface area contributed by atoms with E-state index in [0.29, 0.717) is 24.5 Å². The SMILES string of the molecule is C=Cc1cc2c(cc1OCC1CC1)CC(C)(C(C)C)n1cc(C(=O)OCC)c(=O)c(F)c1-2. The van der Waals surface area contributed by atoms with Crippen molar-refractivity contribution in [1.29, 1.82) is 0 Å². The highest BCUT2D eigenvalue weighted by atomic mass is 19.1. The second kappa shape index (κ2) is 8.23. The van der Waals surface area contributed by atoms with E-state index in [0.717, 1.165) is 16.9 Å². The fourth-order valence-electron chi connectivity index (χ4n) is 4.32. The van der Waals surface area contributed by atoms with Crippen LogP contribution in [0.1, 0.15) is 62.0 Å². The van der Waals surface area contributed by atoms with Gasteiger partial charge in [-0.3, -0.25) is 4.79 Å². The van der Waals surface area contributed by atoms with Crippen molar-refractivity contribution in [2.45, 2.75) is 52.5 Å². The summed E-state index contributed by atoms with van der Waals surface area (Å²) in [6.07, 6.45) is 6.13. The Hall–Kier alpha value is -2.89. The first kappa shape index (κ1) is 22.3. The molecule has 32 heavy (non-hydrogen) atoms. The van der Waals surface area contributed by atoms with Gasteiger partial charge in [-0.2, -0.15) is 0 Å². The minimum absolute atomic E-state index is 0.0984. The third kappa shape index (κ3) is 3.65. The van der Waals surface area contributed by atoms with Gasteiger partial charge in [-0.05, 0) is 62.6 Å². The second-order valence-electron chi connectivity index (χ2n) is 9.32. The van der Waals surface area contributed by atoms with E-state index in [-0.39, 0.29) is 23.8 Å². The van der Waals surface area contributed by atoms with Crippen LogP contribution in [-0.2, 0) is 16.7 Å². The first-order valence-corrected chi connectivity index (χ1v) is 11.3. The Balaban J connectivity index is 1.94. The number of aromatic nitrogens is 1. The van der Waals surface area contributed by atoms with Gasteiger partial charge in [0.25, 0.3) is 0 Å². The molecule has 1 aromatic carbocycles. The van der Waals surface area contributed by atoms with Gasteiger partial charge in [-0.1, -0.05) is 26.5 Å². The largest absolute Gasteiger partial charge is 0.493 e. The Labute approximate surface area is 187 Å². The molecule has 1 aliphatic heterocycles. The van der Waals surface area contributed by atoms with E-state index in [1.807, 2.05) is 19.1 Å². The minimum Gasteiger partial charge on any atom is -0.493 e. The standard InChI is InChI=1S/C26H30FNO4/c1-6-17-10-19-18(11-21(17)32-14-16-8-9-16)12-26(5,15(3)4)28-13-20(25(30)31-7-2)24(29)22(27)23(19)28/h6,10-11,13,15-16H,1,7-9,12,14H2,2-5H3. The van der Waals surface area contributed by atoms with Crippen molar-refractivity contribution >= 4 is 12.0 Å². The lowest BCUT2D eigenvalue weighted by molar-refractivity contribution is 0.0521. The van der Waals surface area contributed by atoms with Crippen LogP contribution in [0, 0.1) is 17.7 Å². The highest BCUT2D eigenvalue weighted by Gasteiger charge is 2.40. The van der Waals surface area contributed by atoms with Crippen molar-refractivity contribution in [2.75, 3.05) is 13.2 Å². The second-order valence-corrected chi connectivity index (χ2v) is 9.32. The molecule has 0 radical (unpaired) electrons. The lowest BCUT2D eigenvalue weighted by atomic mass is 9.76. The van der Waals surface area contributed by atoms with Crippen LogP contribution in [-0.4, -0.2) is 23.8 Å². The molecule has 1 aliphatic carbocycles. The molecule has 6 heteroatoms. The number of halogens is 1. The molecule has 4 rings (SSSR count). The van der Waals surface area contributed by atoms with E-state index in [9.17, 15) is 9.59 Å². The van der Waals surface area contributed by atoms with E-state index in [1.54, 1.807) is 17.6 Å². The molecule has 1 atom stereocenters. The number of rotatable bonds is 7. The molecule has 2 aliphatic rings. The average Bonchev–Trinajstić information content (AvgIpc) is 3.58. The smallest absolute Gasteiger partial charge is 0.343 e. The van der Waals surface area contributed by atoms with Crippen LogP contribution in [0.5, 0.6) is 5.75 Å². The number of pyridine rings is 1.